The molecule has 3 rings (SSSR count). The first-order valence-electron chi connectivity index (χ1n) is 7.67. The van der Waals surface area contributed by atoms with Gasteiger partial charge in [-0.1, -0.05) is 37.5 Å². The second-order valence-electron chi connectivity index (χ2n) is 5.64. The lowest BCUT2D eigenvalue weighted by Gasteiger charge is -2.22. The van der Waals surface area contributed by atoms with E-state index in [-0.39, 0.29) is 18.0 Å². The first-order chi connectivity index (χ1) is 10.7. The topological polar surface area (TPSA) is 86.0 Å². The number of aromatic nitrogens is 1. The second kappa shape index (κ2) is 6.51. The molecule has 1 aromatic carbocycles. The highest BCUT2D eigenvalue weighted by Gasteiger charge is 2.16. The lowest BCUT2D eigenvalue weighted by Crippen LogP contribution is -2.50. The molecule has 2 aromatic rings. The summed E-state index contributed by atoms with van der Waals surface area (Å²) >= 11 is 0. The Labute approximate surface area is 128 Å². The molecular formula is C16H20N4O2. The Kier molecular flexibility index (Phi) is 4.27. The monoisotopic (exact) mass is 300 g/mol. The third-order valence-corrected chi connectivity index (χ3v) is 4.06. The number of aromatic amines is 1. The van der Waals surface area contributed by atoms with E-state index in [1.807, 2.05) is 24.3 Å². The number of carbonyl (C=O) groups excluding carboxylic acids is 2. The molecule has 0 spiro atoms. The Morgan fingerprint density at radius 1 is 1.05 bits per heavy atom. The molecule has 3 amide bonds. The van der Waals surface area contributed by atoms with Gasteiger partial charge in [-0.3, -0.25) is 10.2 Å². The van der Waals surface area contributed by atoms with Crippen LogP contribution in [0.3, 0.4) is 0 Å². The number of rotatable bonds is 2. The highest BCUT2D eigenvalue weighted by atomic mass is 16.2. The van der Waals surface area contributed by atoms with Gasteiger partial charge in [-0.15, -0.1) is 0 Å². The summed E-state index contributed by atoms with van der Waals surface area (Å²) in [6, 6.07) is 7.38. The van der Waals surface area contributed by atoms with Crippen molar-refractivity contribution in [2.75, 3.05) is 0 Å². The van der Waals surface area contributed by atoms with E-state index < -0.39 is 0 Å². The van der Waals surface area contributed by atoms with Crippen molar-refractivity contribution in [1.82, 2.24) is 21.2 Å². The molecule has 1 saturated carbocycles. The Morgan fingerprint density at radius 3 is 2.64 bits per heavy atom. The van der Waals surface area contributed by atoms with Gasteiger partial charge in [-0.2, -0.15) is 0 Å². The maximum absolute atomic E-state index is 12.1. The van der Waals surface area contributed by atoms with Crippen molar-refractivity contribution in [3.05, 3.63) is 36.0 Å². The molecule has 0 aliphatic heterocycles. The number of fused-ring (bicyclic) bond motifs is 1. The van der Waals surface area contributed by atoms with Crippen molar-refractivity contribution in [1.29, 1.82) is 0 Å². The number of hydrogen-bond donors (Lipinski definition) is 4. The van der Waals surface area contributed by atoms with E-state index in [0.717, 1.165) is 36.6 Å². The summed E-state index contributed by atoms with van der Waals surface area (Å²) in [5.41, 5.74) is 6.26. The predicted octanol–water partition coefficient (Wildman–Crippen LogP) is 2.44. The predicted molar refractivity (Wildman–Crippen MR) is 84.3 cm³/mol. The molecule has 1 aliphatic rings. The van der Waals surface area contributed by atoms with Crippen molar-refractivity contribution < 1.29 is 9.59 Å². The number of hydrogen-bond acceptors (Lipinski definition) is 2. The highest BCUT2D eigenvalue weighted by molar-refractivity contribution is 6.07. The molecule has 0 bridgehead atoms. The van der Waals surface area contributed by atoms with Gasteiger partial charge in [0.15, 0.2) is 0 Å². The zero-order valence-corrected chi connectivity index (χ0v) is 12.3. The molecule has 4 N–H and O–H groups in total. The van der Waals surface area contributed by atoms with Crippen LogP contribution >= 0.6 is 0 Å². The maximum Gasteiger partial charge on any atom is 0.333 e. The van der Waals surface area contributed by atoms with Crippen LogP contribution in [0.25, 0.3) is 10.9 Å². The molecule has 1 aromatic heterocycles. The summed E-state index contributed by atoms with van der Waals surface area (Å²) in [6.45, 7) is 0. The number of para-hydroxylation sites is 1. The molecule has 1 heterocycles. The summed E-state index contributed by atoms with van der Waals surface area (Å²) in [7, 11) is 0. The quantitative estimate of drug-likeness (QED) is 0.642. The zero-order chi connectivity index (χ0) is 15.4. The lowest BCUT2D eigenvalue weighted by atomic mass is 9.96. The molecule has 0 saturated heterocycles. The van der Waals surface area contributed by atoms with Crippen molar-refractivity contribution in [3.63, 3.8) is 0 Å². The summed E-state index contributed by atoms with van der Waals surface area (Å²) in [5, 5.41) is 3.71. The van der Waals surface area contributed by atoms with E-state index in [1.54, 1.807) is 6.20 Å². The van der Waals surface area contributed by atoms with E-state index >= 15 is 0 Å². The number of amides is 3. The van der Waals surface area contributed by atoms with Crippen LogP contribution in [0.5, 0.6) is 0 Å². The standard InChI is InChI=1S/C16H20N4O2/c21-15(13-10-17-14-9-5-4-8-12(13)14)19-20-16(22)18-11-6-2-1-3-7-11/h4-5,8-11,17H,1-3,6-7H2,(H,19,21)(H2,18,20,22). The normalized spacial score (nSPS) is 15.5. The smallest absolute Gasteiger partial charge is 0.333 e. The number of H-pyrrole nitrogens is 1. The van der Waals surface area contributed by atoms with Gasteiger partial charge in [0.2, 0.25) is 0 Å². The Bertz CT molecular complexity index is 674. The molecule has 6 nitrogen and oxygen atoms in total. The summed E-state index contributed by atoms with van der Waals surface area (Å²) in [4.78, 5) is 27.0. The van der Waals surface area contributed by atoms with Crippen LogP contribution in [-0.2, 0) is 0 Å². The van der Waals surface area contributed by atoms with Gasteiger partial charge in [0, 0.05) is 23.1 Å². The summed E-state index contributed by atoms with van der Waals surface area (Å²) < 4.78 is 0. The maximum atomic E-state index is 12.1. The fourth-order valence-corrected chi connectivity index (χ4v) is 2.91. The van der Waals surface area contributed by atoms with Crippen LogP contribution in [0.4, 0.5) is 4.79 Å². The third-order valence-electron chi connectivity index (χ3n) is 4.06. The van der Waals surface area contributed by atoms with Crippen LogP contribution in [0, 0.1) is 0 Å². The minimum Gasteiger partial charge on any atom is -0.360 e. The molecule has 116 valence electrons. The van der Waals surface area contributed by atoms with Crippen LogP contribution < -0.4 is 16.2 Å². The van der Waals surface area contributed by atoms with Gasteiger partial charge in [-0.05, 0) is 18.9 Å². The third kappa shape index (κ3) is 3.21. The Hall–Kier alpha value is -2.50. The highest BCUT2D eigenvalue weighted by Crippen LogP contribution is 2.18. The minimum atomic E-state index is -0.361. The molecule has 22 heavy (non-hydrogen) atoms. The SMILES string of the molecule is O=C(NNC(=O)c1c[nH]c2ccccc12)NC1CCCCC1. The van der Waals surface area contributed by atoms with E-state index in [9.17, 15) is 9.59 Å². The molecular weight excluding hydrogens is 280 g/mol. The average molecular weight is 300 g/mol. The van der Waals surface area contributed by atoms with Gasteiger partial charge < -0.3 is 10.3 Å². The first-order valence-corrected chi connectivity index (χ1v) is 7.67. The molecule has 0 atom stereocenters. The summed E-state index contributed by atoms with van der Waals surface area (Å²) in [5.74, 6) is -0.337. The van der Waals surface area contributed by atoms with E-state index in [1.165, 1.54) is 6.42 Å². The molecule has 0 radical (unpaired) electrons. The average Bonchev–Trinajstić information content (AvgIpc) is 2.98. The number of urea groups is 1. The zero-order valence-electron chi connectivity index (χ0n) is 12.3. The lowest BCUT2D eigenvalue weighted by molar-refractivity contribution is 0.0937. The van der Waals surface area contributed by atoms with Crippen LogP contribution in [0.1, 0.15) is 42.5 Å². The minimum absolute atomic E-state index is 0.207. The molecule has 1 aliphatic carbocycles. The van der Waals surface area contributed by atoms with Crippen LogP contribution in [0.2, 0.25) is 0 Å². The number of hydrazine groups is 1. The fourth-order valence-electron chi connectivity index (χ4n) is 2.91. The van der Waals surface area contributed by atoms with Crippen LogP contribution in [-0.4, -0.2) is 23.0 Å². The Morgan fingerprint density at radius 2 is 1.82 bits per heavy atom. The van der Waals surface area contributed by atoms with Gasteiger partial charge in [0.05, 0.1) is 5.56 Å². The Balaban J connectivity index is 1.54. The van der Waals surface area contributed by atoms with Gasteiger partial charge in [0.25, 0.3) is 5.91 Å². The van der Waals surface area contributed by atoms with Crippen LogP contribution in [0.15, 0.2) is 30.5 Å². The van der Waals surface area contributed by atoms with Crippen molar-refractivity contribution in [2.45, 2.75) is 38.1 Å². The van der Waals surface area contributed by atoms with E-state index in [2.05, 4.69) is 21.2 Å². The van der Waals surface area contributed by atoms with Gasteiger partial charge >= 0.3 is 6.03 Å². The summed E-state index contributed by atoms with van der Waals surface area (Å²) in [6.07, 6.45) is 7.17. The number of nitrogens with one attached hydrogen (secondary N) is 4. The van der Waals surface area contributed by atoms with E-state index in [4.69, 9.17) is 0 Å². The van der Waals surface area contributed by atoms with Gasteiger partial charge in [-0.25, -0.2) is 10.2 Å². The van der Waals surface area contributed by atoms with E-state index in [0.29, 0.717) is 5.56 Å². The molecule has 6 heteroatoms. The number of benzene rings is 1. The van der Waals surface area contributed by atoms with Gasteiger partial charge in [0.1, 0.15) is 0 Å². The van der Waals surface area contributed by atoms with Crippen molar-refractivity contribution in [3.8, 4) is 0 Å². The van der Waals surface area contributed by atoms with Crippen molar-refractivity contribution >= 4 is 22.8 Å². The molecule has 0 unspecified atom stereocenters. The van der Waals surface area contributed by atoms with Crippen molar-refractivity contribution in [2.24, 2.45) is 0 Å². The largest absolute Gasteiger partial charge is 0.360 e. The number of carbonyl (C=O) groups is 2. The molecule has 1 fully saturated rings. The second-order valence-corrected chi connectivity index (χ2v) is 5.64. The fraction of sp³-hybridized carbons (Fsp3) is 0.375. The first kappa shape index (κ1) is 14.4.